The number of carboxylic acid groups (broad SMARTS) is 1. The zero-order chi connectivity index (χ0) is 16.1. The van der Waals surface area contributed by atoms with Crippen LogP contribution in [-0.2, 0) is 9.53 Å². The van der Waals surface area contributed by atoms with Gasteiger partial charge in [0.05, 0.1) is 0 Å². The molecule has 122 valence electrons. The molecule has 22 heavy (non-hydrogen) atoms. The molecule has 3 atom stereocenters. The number of hydrogen-bond donors (Lipinski definition) is 2. The summed E-state index contributed by atoms with van der Waals surface area (Å²) >= 11 is 0. The Balaban J connectivity index is 2.09. The Morgan fingerprint density at radius 2 is 1.86 bits per heavy atom. The number of ether oxygens (including phenoxy) is 1. The fraction of sp³-hybridized carbons (Fsp3) is 0.733. The van der Waals surface area contributed by atoms with E-state index in [0.29, 0.717) is 0 Å². The number of amides is 1. The molecule has 0 bridgehead atoms. The van der Waals surface area contributed by atoms with Crippen LogP contribution in [0.4, 0.5) is 4.79 Å². The van der Waals surface area contributed by atoms with Gasteiger partial charge in [-0.25, -0.2) is 4.79 Å². The van der Waals surface area contributed by atoms with Crippen LogP contribution in [0, 0.1) is 11.8 Å². The Labute approximate surface area is 129 Å². The van der Waals surface area contributed by atoms with Gasteiger partial charge in [0.15, 0.2) is 0 Å². The van der Waals surface area contributed by atoms with Crippen LogP contribution in [-0.4, -0.2) is 41.2 Å². The summed E-state index contributed by atoms with van der Waals surface area (Å²) in [6.45, 7) is 3.45. The minimum Gasteiger partial charge on any atom is -0.480 e. The Morgan fingerprint density at radius 3 is 2.59 bits per heavy atom. The first-order valence-electron chi connectivity index (χ1n) is 7.74. The summed E-state index contributed by atoms with van der Waals surface area (Å²) < 4.78 is 5.52. The van der Waals surface area contributed by atoms with Crippen LogP contribution in [0.15, 0.2) is 10.2 Å². The third-order valence-electron chi connectivity index (χ3n) is 4.36. The lowest BCUT2D eigenvalue weighted by molar-refractivity contribution is -0.135. The van der Waals surface area contributed by atoms with E-state index in [4.69, 9.17) is 9.84 Å². The Morgan fingerprint density at radius 1 is 1.18 bits per heavy atom. The molecule has 0 aromatic carbocycles. The second kappa shape index (κ2) is 7.38. The minimum absolute atomic E-state index is 0.0355. The van der Waals surface area contributed by atoms with Gasteiger partial charge in [-0.1, -0.05) is 12.8 Å². The van der Waals surface area contributed by atoms with Crippen molar-refractivity contribution in [2.24, 2.45) is 22.0 Å². The van der Waals surface area contributed by atoms with E-state index in [-0.39, 0.29) is 17.9 Å². The molecule has 0 spiro atoms. The fourth-order valence-electron chi connectivity index (χ4n) is 3.29. The van der Waals surface area contributed by atoms with Gasteiger partial charge in [0.2, 0.25) is 0 Å². The summed E-state index contributed by atoms with van der Waals surface area (Å²) in [6, 6.07) is 0. The maximum absolute atomic E-state index is 11.8. The molecule has 0 aromatic rings. The van der Waals surface area contributed by atoms with Gasteiger partial charge < -0.3 is 15.2 Å². The van der Waals surface area contributed by atoms with Crippen molar-refractivity contribution in [3.8, 4) is 0 Å². The van der Waals surface area contributed by atoms with Gasteiger partial charge in [0.25, 0.3) is 0 Å². The summed E-state index contributed by atoms with van der Waals surface area (Å²) in [6.07, 6.45) is 4.05. The summed E-state index contributed by atoms with van der Waals surface area (Å²) in [5.41, 5.74) is 1.87. The minimum atomic E-state index is -1.09. The lowest BCUT2D eigenvalue weighted by atomic mass is 9.75. The Hall–Kier alpha value is -1.92. The van der Waals surface area contributed by atoms with Crippen LogP contribution in [0.1, 0.15) is 46.0 Å². The molecule has 7 nitrogen and oxygen atoms in total. The van der Waals surface area contributed by atoms with Crippen molar-refractivity contribution in [2.45, 2.75) is 52.1 Å². The second-order valence-corrected chi connectivity index (χ2v) is 5.94. The van der Waals surface area contributed by atoms with Gasteiger partial charge in [0, 0.05) is 23.3 Å². The first-order valence-corrected chi connectivity index (χ1v) is 7.74. The predicted octanol–water partition coefficient (Wildman–Crippen LogP) is 2.21. The third kappa shape index (κ3) is 4.05. The molecule has 1 fully saturated rings. The van der Waals surface area contributed by atoms with Crippen molar-refractivity contribution in [2.75, 3.05) is 6.54 Å². The highest BCUT2D eigenvalue weighted by atomic mass is 16.6. The topological polar surface area (TPSA) is 100 Å². The molecular formula is C15H23N3O4. The van der Waals surface area contributed by atoms with E-state index >= 15 is 0 Å². The quantitative estimate of drug-likeness (QED) is 0.834. The molecule has 1 aliphatic carbocycles. The van der Waals surface area contributed by atoms with Crippen molar-refractivity contribution in [3.05, 3.63) is 0 Å². The highest BCUT2D eigenvalue weighted by Gasteiger charge is 2.38. The van der Waals surface area contributed by atoms with Crippen molar-refractivity contribution in [3.63, 3.8) is 0 Å². The molecule has 0 saturated heterocycles. The average molecular weight is 309 g/mol. The zero-order valence-corrected chi connectivity index (χ0v) is 13.0. The Bertz CT molecular complexity index is 501. The molecule has 0 aromatic heterocycles. The molecule has 2 N–H and O–H groups in total. The van der Waals surface area contributed by atoms with Gasteiger partial charge in [-0.15, -0.1) is 0 Å². The number of carbonyl (C=O) groups excluding carboxylic acids is 1. The number of aliphatic carboxylic acids is 1. The first kappa shape index (κ1) is 16.5. The summed E-state index contributed by atoms with van der Waals surface area (Å²) in [4.78, 5) is 22.3. The second-order valence-electron chi connectivity index (χ2n) is 5.94. The fourth-order valence-corrected chi connectivity index (χ4v) is 3.29. The standard InChI is InChI=1S/C15H23N3O4/c1-9-11-6-4-3-5-7-12(14(11)10(2)18-17-9)22-15(21)16-8-13(19)20/h11-12,14H,3-8H2,1-2H3,(H,16,21)(H,19,20)/t11?,12-,14?/m0/s1. The van der Waals surface area contributed by atoms with Gasteiger partial charge in [-0.3, -0.25) is 4.79 Å². The summed E-state index contributed by atoms with van der Waals surface area (Å²) in [5, 5.41) is 19.3. The number of alkyl carbamates (subject to hydrolysis) is 1. The van der Waals surface area contributed by atoms with Crippen molar-refractivity contribution >= 4 is 23.5 Å². The molecular weight excluding hydrogens is 286 g/mol. The van der Waals surface area contributed by atoms with Gasteiger partial charge in [-0.2, -0.15) is 10.2 Å². The van der Waals surface area contributed by atoms with Crippen LogP contribution in [0.3, 0.4) is 0 Å². The van der Waals surface area contributed by atoms with Gasteiger partial charge in [0.1, 0.15) is 12.6 Å². The van der Waals surface area contributed by atoms with E-state index in [2.05, 4.69) is 15.5 Å². The molecule has 0 radical (unpaired) electrons. The van der Waals surface area contributed by atoms with Crippen LogP contribution < -0.4 is 5.32 Å². The molecule has 2 aliphatic rings. The molecule has 7 heteroatoms. The highest BCUT2D eigenvalue weighted by molar-refractivity contribution is 5.96. The number of rotatable bonds is 3. The largest absolute Gasteiger partial charge is 0.480 e. The average Bonchev–Trinajstić information content (AvgIpc) is 2.44. The van der Waals surface area contributed by atoms with Crippen LogP contribution >= 0.6 is 0 Å². The van der Waals surface area contributed by atoms with Crippen LogP contribution in [0.25, 0.3) is 0 Å². The monoisotopic (exact) mass is 309 g/mol. The van der Waals surface area contributed by atoms with Crippen molar-refractivity contribution in [1.29, 1.82) is 0 Å². The molecule has 1 aliphatic heterocycles. The third-order valence-corrected chi connectivity index (χ3v) is 4.36. The van der Waals surface area contributed by atoms with Crippen molar-refractivity contribution < 1.29 is 19.4 Å². The van der Waals surface area contributed by atoms with Crippen LogP contribution in [0.5, 0.6) is 0 Å². The number of nitrogens with zero attached hydrogens (tertiary/aromatic N) is 2. The predicted molar refractivity (Wildman–Crippen MR) is 82.2 cm³/mol. The maximum atomic E-state index is 11.8. The number of fused-ring (bicyclic) bond motifs is 1. The number of carboxylic acids is 1. The lowest BCUT2D eigenvalue weighted by Crippen LogP contribution is -2.44. The van der Waals surface area contributed by atoms with Crippen LogP contribution in [0.2, 0.25) is 0 Å². The number of hydrogen-bond acceptors (Lipinski definition) is 5. The SMILES string of the molecule is CC1=NN=C(C)C2C1CCCCC[C@@H]2OC(=O)NCC(=O)O. The van der Waals surface area contributed by atoms with Crippen molar-refractivity contribution in [1.82, 2.24) is 5.32 Å². The zero-order valence-electron chi connectivity index (χ0n) is 13.0. The summed E-state index contributed by atoms with van der Waals surface area (Å²) in [7, 11) is 0. The molecule has 2 unspecified atom stereocenters. The first-order chi connectivity index (χ1) is 10.5. The molecule has 2 rings (SSSR count). The molecule has 1 heterocycles. The highest BCUT2D eigenvalue weighted by Crippen LogP contribution is 2.34. The van der Waals surface area contributed by atoms with E-state index < -0.39 is 18.6 Å². The smallest absolute Gasteiger partial charge is 0.407 e. The van der Waals surface area contributed by atoms with E-state index in [1.165, 1.54) is 0 Å². The van der Waals surface area contributed by atoms with E-state index in [1.807, 2.05) is 13.8 Å². The summed E-state index contributed by atoms with van der Waals surface area (Å²) in [5.74, 6) is -0.811. The van der Waals surface area contributed by atoms with E-state index in [1.54, 1.807) is 0 Å². The number of nitrogens with one attached hydrogen (secondary N) is 1. The molecule has 1 saturated carbocycles. The van der Waals surface area contributed by atoms with E-state index in [9.17, 15) is 9.59 Å². The molecule has 1 amide bonds. The number of carbonyl (C=O) groups is 2. The lowest BCUT2D eigenvalue weighted by Gasteiger charge is -2.36. The van der Waals surface area contributed by atoms with Gasteiger partial charge >= 0.3 is 12.1 Å². The van der Waals surface area contributed by atoms with E-state index in [0.717, 1.165) is 43.5 Å². The van der Waals surface area contributed by atoms with Gasteiger partial charge in [-0.05, 0) is 33.1 Å². The maximum Gasteiger partial charge on any atom is 0.407 e. The normalized spacial score (nSPS) is 28.4. The Kier molecular flexibility index (Phi) is 5.51.